The van der Waals surface area contributed by atoms with Crippen LogP contribution in [0.1, 0.15) is 32.9 Å². The standard InChI is InChI=1S/C36H24N2/c1-5-16-33-29(12-1)30-13-2-6-17-34(30)37(33)27-22-20-25(21-23-27)26-10-9-11-28(24-26)38-35-18-7-3-14-31(35)32-15-4-8-19-36(32)38/h1-24H/i1D,2D,3D,4D,5D,6D,7D,8D,9D,10D,11D,12D,13D,14D,15D,16D,17D,18D,19D,20D,21D,22D,23D,24D. The van der Waals surface area contributed by atoms with Gasteiger partial charge in [0, 0.05) is 32.9 Å². The Hall–Kier alpha value is -5.08. The molecular formula is C36H24N2. The number of benzene rings is 6. The summed E-state index contributed by atoms with van der Waals surface area (Å²) >= 11 is 0. The van der Waals surface area contributed by atoms with E-state index in [0.29, 0.717) is 0 Å². The molecule has 0 aliphatic heterocycles. The maximum absolute atomic E-state index is 9.47. The topological polar surface area (TPSA) is 9.86 Å². The summed E-state index contributed by atoms with van der Waals surface area (Å²) in [7, 11) is 0. The van der Waals surface area contributed by atoms with Crippen molar-refractivity contribution in [1.82, 2.24) is 9.13 Å². The van der Waals surface area contributed by atoms with Crippen LogP contribution in [-0.4, -0.2) is 9.13 Å². The second kappa shape index (κ2) is 8.22. The first-order valence-corrected chi connectivity index (χ1v) is 11.1. The molecule has 0 fully saturated rings. The number of hydrogen-bond acceptors (Lipinski definition) is 0. The lowest BCUT2D eigenvalue weighted by molar-refractivity contribution is 1.18. The predicted molar refractivity (Wildman–Crippen MR) is 161 cm³/mol. The number of nitrogens with zero attached hydrogens (tertiary/aromatic N) is 2. The molecule has 0 spiro atoms. The first kappa shape index (κ1) is 8.21. The van der Waals surface area contributed by atoms with Gasteiger partial charge in [-0.15, -0.1) is 0 Å². The molecule has 178 valence electrons. The molecule has 0 amide bonds. The molecule has 8 rings (SSSR count). The molecular weight excluding hydrogens is 460 g/mol. The third-order valence-corrected chi connectivity index (χ3v) is 5.99. The molecule has 0 N–H and O–H groups in total. The fourth-order valence-electron chi connectivity index (χ4n) is 4.40. The third kappa shape index (κ3) is 3.07. The zero-order valence-corrected chi connectivity index (χ0v) is 18.9. The zero-order valence-electron chi connectivity index (χ0n) is 42.9. The van der Waals surface area contributed by atoms with Crippen LogP contribution in [0.25, 0.3) is 66.1 Å². The van der Waals surface area contributed by atoms with Crippen LogP contribution < -0.4 is 0 Å². The minimum atomic E-state index is -1.03. The second-order valence-electron chi connectivity index (χ2n) is 8.01. The quantitative estimate of drug-likeness (QED) is 0.225. The normalized spacial score (nSPS) is 20.5. The maximum atomic E-state index is 9.47. The SMILES string of the molecule is [2H]c1c([2H])c(-c2c([2H])c([2H])c(-n3c4c([2H])c([2H])c([2H])c([2H])c4c4c([2H])c([2H])c([2H])c([2H])c43)c([2H])c2[2H])c([2H])c(-n2c3c([2H])c([2H])c([2H])c([2H])c3c3c([2H])c([2H])c([2H])c([2H])c32)c1[2H]. The average Bonchev–Trinajstić information content (AvgIpc) is 3.78. The van der Waals surface area contributed by atoms with E-state index in [1.54, 1.807) is 0 Å². The first-order chi connectivity index (χ1) is 28.9. The number of para-hydroxylation sites is 4. The maximum Gasteiger partial charge on any atom is 0.0651 e. The summed E-state index contributed by atoms with van der Waals surface area (Å²) in [5.74, 6) is 0. The van der Waals surface area contributed by atoms with Crippen molar-refractivity contribution in [3.63, 3.8) is 0 Å². The van der Waals surface area contributed by atoms with Gasteiger partial charge in [0.1, 0.15) is 0 Å². The predicted octanol–water partition coefficient (Wildman–Crippen LogP) is 9.55. The summed E-state index contributed by atoms with van der Waals surface area (Å²) in [6.45, 7) is 0. The van der Waals surface area contributed by atoms with Gasteiger partial charge in [0.05, 0.1) is 55.0 Å². The van der Waals surface area contributed by atoms with Gasteiger partial charge in [-0.1, -0.05) is 96.7 Å². The molecule has 0 saturated carbocycles. The van der Waals surface area contributed by atoms with Crippen LogP contribution >= 0.6 is 0 Å². The summed E-state index contributed by atoms with van der Waals surface area (Å²) in [6, 6.07) is -20.6. The van der Waals surface area contributed by atoms with Crippen LogP contribution in [0, 0.1) is 0 Å². The van der Waals surface area contributed by atoms with Gasteiger partial charge in [-0.2, -0.15) is 0 Å². The van der Waals surface area contributed by atoms with Crippen LogP contribution in [0.4, 0.5) is 0 Å². The molecule has 0 saturated heterocycles. The van der Waals surface area contributed by atoms with E-state index >= 15 is 0 Å². The third-order valence-electron chi connectivity index (χ3n) is 5.99. The van der Waals surface area contributed by atoms with E-state index in [1.807, 2.05) is 0 Å². The summed E-state index contributed by atoms with van der Waals surface area (Å²) < 4.78 is 212. The monoisotopic (exact) mass is 508 g/mol. The lowest BCUT2D eigenvalue weighted by Crippen LogP contribution is -1.95. The van der Waals surface area contributed by atoms with Crippen LogP contribution in [0.5, 0.6) is 0 Å². The van der Waals surface area contributed by atoms with Crippen molar-refractivity contribution >= 4 is 43.6 Å². The van der Waals surface area contributed by atoms with Gasteiger partial charge in [-0.05, 0) is 59.5 Å². The van der Waals surface area contributed by atoms with E-state index in [9.17, 15) is 6.85 Å². The highest BCUT2D eigenvalue weighted by Crippen LogP contribution is 2.35. The lowest BCUT2D eigenvalue weighted by atomic mass is 10.0. The van der Waals surface area contributed by atoms with E-state index in [-0.39, 0.29) is 0 Å². The van der Waals surface area contributed by atoms with Gasteiger partial charge in [-0.3, -0.25) is 0 Å². The van der Waals surface area contributed by atoms with Crippen molar-refractivity contribution in [2.24, 2.45) is 0 Å². The molecule has 0 aliphatic carbocycles. The number of hydrogen-bond donors (Lipinski definition) is 0. The molecule has 2 nitrogen and oxygen atoms in total. The van der Waals surface area contributed by atoms with Crippen molar-refractivity contribution in [2.45, 2.75) is 0 Å². The van der Waals surface area contributed by atoms with Gasteiger partial charge in [0.25, 0.3) is 0 Å². The largest absolute Gasteiger partial charge is 0.309 e. The van der Waals surface area contributed by atoms with Crippen LogP contribution in [0.2, 0.25) is 0 Å². The van der Waals surface area contributed by atoms with Crippen molar-refractivity contribution in [2.75, 3.05) is 0 Å². The van der Waals surface area contributed by atoms with Crippen molar-refractivity contribution < 1.29 is 32.9 Å². The summed E-state index contributed by atoms with van der Waals surface area (Å²) in [4.78, 5) is 0. The molecule has 38 heavy (non-hydrogen) atoms. The molecule has 2 aromatic heterocycles. The Balaban J connectivity index is 1.56. The first-order valence-electron chi connectivity index (χ1n) is 23.1. The Morgan fingerprint density at radius 1 is 0.342 bits per heavy atom. The van der Waals surface area contributed by atoms with E-state index in [1.165, 1.54) is 0 Å². The summed E-state index contributed by atoms with van der Waals surface area (Å²) in [5.41, 5.74) is -5.35. The highest BCUT2D eigenvalue weighted by atomic mass is 15.0. The molecule has 0 unspecified atom stereocenters. The molecule has 2 heteroatoms. The molecule has 0 radical (unpaired) electrons. The van der Waals surface area contributed by atoms with Crippen molar-refractivity contribution in [3.05, 3.63) is 145 Å². The van der Waals surface area contributed by atoms with Gasteiger partial charge < -0.3 is 9.13 Å². The van der Waals surface area contributed by atoms with Crippen LogP contribution in [0.15, 0.2) is 145 Å². The highest BCUT2D eigenvalue weighted by molar-refractivity contribution is 6.10. The number of fused-ring (bicyclic) bond motifs is 6. The van der Waals surface area contributed by atoms with Crippen LogP contribution in [0.3, 0.4) is 0 Å². The number of aromatic nitrogens is 2. The Kier molecular flexibility index (Phi) is 1.78. The van der Waals surface area contributed by atoms with E-state index in [2.05, 4.69) is 0 Å². The van der Waals surface area contributed by atoms with Crippen LogP contribution in [-0.2, 0) is 0 Å². The molecule has 0 aliphatic rings. The zero-order chi connectivity index (χ0) is 45.9. The molecule has 0 atom stereocenters. The van der Waals surface area contributed by atoms with Crippen molar-refractivity contribution in [1.29, 1.82) is 0 Å². The average molecular weight is 509 g/mol. The Morgan fingerprint density at radius 3 is 1.24 bits per heavy atom. The minimum Gasteiger partial charge on any atom is -0.309 e. The fourth-order valence-corrected chi connectivity index (χ4v) is 4.40. The minimum absolute atomic E-state index is 0.419. The highest BCUT2D eigenvalue weighted by Gasteiger charge is 2.13. The smallest absolute Gasteiger partial charge is 0.0651 e. The summed E-state index contributed by atoms with van der Waals surface area (Å²) in [5, 5.41) is -1.71. The fraction of sp³-hybridized carbons (Fsp3) is 0. The van der Waals surface area contributed by atoms with Gasteiger partial charge in [-0.25, -0.2) is 0 Å². The summed E-state index contributed by atoms with van der Waals surface area (Å²) in [6.07, 6.45) is 0. The second-order valence-corrected chi connectivity index (χ2v) is 8.01. The van der Waals surface area contributed by atoms with E-state index < -0.39 is 211 Å². The Labute approximate surface area is 254 Å². The lowest BCUT2D eigenvalue weighted by Gasteiger charge is -2.12. The molecule has 2 heterocycles. The van der Waals surface area contributed by atoms with E-state index in [4.69, 9.17) is 26.0 Å². The molecule has 0 bridgehead atoms. The molecule has 8 aromatic rings. The Bertz CT molecular complexity index is 3270. The van der Waals surface area contributed by atoms with Gasteiger partial charge in [0.15, 0.2) is 0 Å². The molecule has 6 aromatic carbocycles. The number of rotatable bonds is 3. The van der Waals surface area contributed by atoms with Gasteiger partial charge in [0.2, 0.25) is 0 Å². The Morgan fingerprint density at radius 2 is 0.763 bits per heavy atom. The van der Waals surface area contributed by atoms with Gasteiger partial charge >= 0.3 is 0 Å². The van der Waals surface area contributed by atoms with E-state index in [0.717, 1.165) is 9.13 Å². The van der Waals surface area contributed by atoms with Crippen molar-refractivity contribution in [3.8, 4) is 22.5 Å².